The zero-order valence-corrected chi connectivity index (χ0v) is 8.26. The monoisotopic (exact) mass is 228 g/mol. The Hall–Kier alpha value is -1.89. The first-order valence-corrected chi connectivity index (χ1v) is 4.28. The first-order chi connectivity index (χ1) is 7.02. The molecule has 0 amide bonds. The van der Waals surface area contributed by atoms with Gasteiger partial charge >= 0.3 is 0 Å². The molecule has 0 atom stereocenters. The Bertz CT molecular complexity index is 565. The van der Waals surface area contributed by atoms with Crippen LogP contribution >= 0.6 is 11.6 Å². The topological polar surface area (TPSA) is 94.1 Å². The fourth-order valence-corrected chi connectivity index (χ4v) is 1.60. The molecule has 2 rings (SSSR count). The Morgan fingerprint density at radius 2 is 2.33 bits per heavy atom. The van der Waals surface area contributed by atoms with E-state index in [1.54, 1.807) is 0 Å². The highest BCUT2D eigenvalue weighted by Crippen LogP contribution is 2.31. The second-order valence-corrected chi connectivity index (χ2v) is 3.34. The Balaban J connectivity index is 2.94. The summed E-state index contributed by atoms with van der Waals surface area (Å²) in [4.78, 5) is 10.6. The molecule has 0 radical (unpaired) electrons. The maximum absolute atomic E-state index is 10.7. The molecule has 15 heavy (non-hydrogen) atoms. The molecule has 2 aromatic rings. The molecule has 0 saturated carbocycles. The van der Waals surface area contributed by atoms with Gasteiger partial charge in [0.05, 0.1) is 15.5 Å². The van der Waals surface area contributed by atoms with Crippen molar-refractivity contribution >= 4 is 28.3 Å². The van der Waals surface area contributed by atoms with Crippen molar-refractivity contribution in [2.45, 2.75) is 6.92 Å². The van der Waals surface area contributed by atoms with Crippen molar-refractivity contribution in [2.24, 2.45) is 0 Å². The summed E-state index contributed by atoms with van der Waals surface area (Å²) in [6.45, 7) is 1.49. The van der Waals surface area contributed by atoms with E-state index >= 15 is 0 Å². The van der Waals surface area contributed by atoms with Gasteiger partial charge in [0, 0.05) is 6.07 Å². The molecule has 1 N–H and O–H groups in total. The molecule has 0 aliphatic rings. The van der Waals surface area contributed by atoms with Gasteiger partial charge in [-0.25, -0.2) is 0 Å². The standard InChI is InChI=1S/C7H5ClN4O3/c1-3-5(12(14)15)2-4(8)6-7(3)11(13)10-9-6/h2,13H,1H3. The maximum Gasteiger partial charge on any atom is 0.276 e. The van der Waals surface area contributed by atoms with Gasteiger partial charge in [-0.15, -0.1) is 5.10 Å². The molecule has 1 aromatic carbocycles. The van der Waals surface area contributed by atoms with E-state index in [-0.39, 0.29) is 27.3 Å². The predicted molar refractivity (Wildman–Crippen MR) is 51.1 cm³/mol. The largest absolute Gasteiger partial charge is 0.410 e. The van der Waals surface area contributed by atoms with E-state index in [1.807, 2.05) is 0 Å². The average Bonchev–Trinajstić information content (AvgIpc) is 2.54. The van der Waals surface area contributed by atoms with Crippen LogP contribution in [0.4, 0.5) is 5.69 Å². The summed E-state index contributed by atoms with van der Waals surface area (Å²) in [5.41, 5.74) is 0.480. The lowest BCUT2D eigenvalue weighted by atomic mass is 10.1. The van der Waals surface area contributed by atoms with E-state index in [4.69, 9.17) is 11.6 Å². The SMILES string of the molecule is Cc1c([N+](=O)[O-])cc(Cl)c2nnn(O)c12. The van der Waals surface area contributed by atoms with Gasteiger partial charge in [-0.2, -0.15) is 0 Å². The Kier molecular flexibility index (Phi) is 1.97. The number of nitrogens with zero attached hydrogens (tertiary/aromatic N) is 4. The molecule has 8 heteroatoms. The molecule has 0 bridgehead atoms. The highest BCUT2D eigenvalue weighted by molar-refractivity contribution is 6.35. The molecule has 0 aliphatic heterocycles. The van der Waals surface area contributed by atoms with Crippen molar-refractivity contribution in [3.63, 3.8) is 0 Å². The lowest BCUT2D eigenvalue weighted by molar-refractivity contribution is -0.385. The van der Waals surface area contributed by atoms with Crippen LogP contribution in [0.25, 0.3) is 11.0 Å². The first kappa shape index (κ1) is 9.66. The fourth-order valence-electron chi connectivity index (χ4n) is 1.37. The molecule has 1 heterocycles. The summed E-state index contributed by atoms with van der Waals surface area (Å²) in [6, 6.07) is 1.19. The van der Waals surface area contributed by atoms with Crippen LogP contribution in [-0.2, 0) is 0 Å². The second-order valence-electron chi connectivity index (χ2n) is 2.94. The van der Waals surface area contributed by atoms with E-state index in [2.05, 4.69) is 10.3 Å². The lowest BCUT2D eigenvalue weighted by Gasteiger charge is -2.00. The second kappa shape index (κ2) is 3.06. The quantitative estimate of drug-likeness (QED) is 0.454. The van der Waals surface area contributed by atoms with Crippen LogP contribution in [0, 0.1) is 17.0 Å². The summed E-state index contributed by atoms with van der Waals surface area (Å²) in [6.07, 6.45) is 0. The molecule has 1 aromatic heterocycles. The highest BCUT2D eigenvalue weighted by Gasteiger charge is 2.20. The van der Waals surface area contributed by atoms with Gasteiger partial charge < -0.3 is 5.21 Å². The van der Waals surface area contributed by atoms with E-state index in [0.717, 1.165) is 0 Å². The van der Waals surface area contributed by atoms with Gasteiger partial charge in [0.15, 0.2) is 0 Å². The zero-order chi connectivity index (χ0) is 11.2. The third kappa shape index (κ3) is 1.28. The molecule has 0 fully saturated rings. The minimum Gasteiger partial charge on any atom is -0.410 e. The number of hydrogen-bond acceptors (Lipinski definition) is 5. The van der Waals surface area contributed by atoms with Crippen LogP contribution < -0.4 is 0 Å². The van der Waals surface area contributed by atoms with Crippen LogP contribution in [0.15, 0.2) is 6.07 Å². The van der Waals surface area contributed by atoms with Crippen LogP contribution in [0.2, 0.25) is 5.02 Å². The number of fused-ring (bicyclic) bond motifs is 1. The normalized spacial score (nSPS) is 10.8. The van der Waals surface area contributed by atoms with Crippen molar-refractivity contribution in [3.8, 4) is 0 Å². The molecule has 78 valence electrons. The number of aromatic nitrogens is 3. The van der Waals surface area contributed by atoms with Crippen LogP contribution in [0.5, 0.6) is 0 Å². The third-order valence-corrected chi connectivity index (χ3v) is 2.37. The van der Waals surface area contributed by atoms with Gasteiger partial charge in [0.25, 0.3) is 5.69 Å². The van der Waals surface area contributed by atoms with Gasteiger partial charge in [0.1, 0.15) is 11.0 Å². The summed E-state index contributed by atoms with van der Waals surface area (Å²) in [5, 5.41) is 27.0. The van der Waals surface area contributed by atoms with Crippen LogP contribution in [0.3, 0.4) is 0 Å². The Morgan fingerprint density at radius 3 is 2.93 bits per heavy atom. The number of rotatable bonds is 1. The minimum absolute atomic E-state index is 0.0857. The van der Waals surface area contributed by atoms with Crippen molar-refractivity contribution in [3.05, 3.63) is 26.8 Å². The lowest BCUT2D eigenvalue weighted by Crippen LogP contribution is -1.97. The molecule has 7 nitrogen and oxygen atoms in total. The molecule has 0 spiro atoms. The Labute approximate surface area is 88.0 Å². The van der Waals surface area contributed by atoms with Crippen LogP contribution in [0.1, 0.15) is 5.56 Å². The minimum atomic E-state index is -0.576. The fraction of sp³-hybridized carbons (Fsp3) is 0.143. The number of benzene rings is 1. The molecule has 0 aliphatic carbocycles. The van der Waals surface area contributed by atoms with Gasteiger partial charge in [-0.1, -0.05) is 16.4 Å². The van der Waals surface area contributed by atoms with Gasteiger partial charge in [0.2, 0.25) is 0 Å². The molecular weight excluding hydrogens is 224 g/mol. The Morgan fingerprint density at radius 1 is 1.67 bits per heavy atom. The van der Waals surface area contributed by atoms with Crippen molar-refractivity contribution < 1.29 is 10.1 Å². The van der Waals surface area contributed by atoms with Crippen molar-refractivity contribution in [2.75, 3.05) is 0 Å². The number of hydrogen-bond donors (Lipinski definition) is 1. The smallest absolute Gasteiger partial charge is 0.276 e. The summed E-state index contributed by atoms with van der Waals surface area (Å²) < 4.78 is 0. The van der Waals surface area contributed by atoms with Crippen molar-refractivity contribution in [1.29, 1.82) is 0 Å². The van der Waals surface area contributed by atoms with Crippen LogP contribution in [-0.4, -0.2) is 25.3 Å². The zero-order valence-electron chi connectivity index (χ0n) is 7.51. The number of nitro benzene ring substituents is 1. The maximum atomic E-state index is 10.7. The summed E-state index contributed by atoms with van der Waals surface area (Å²) >= 11 is 5.76. The van der Waals surface area contributed by atoms with Crippen molar-refractivity contribution in [1.82, 2.24) is 15.2 Å². The number of nitro groups is 1. The molecular formula is C7H5ClN4O3. The van der Waals surface area contributed by atoms with Gasteiger partial charge in [-0.3, -0.25) is 10.1 Å². The van der Waals surface area contributed by atoms with E-state index in [1.165, 1.54) is 13.0 Å². The first-order valence-electron chi connectivity index (χ1n) is 3.90. The van der Waals surface area contributed by atoms with E-state index < -0.39 is 4.92 Å². The number of halogens is 1. The van der Waals surface area contributed by atoms with E-state index in [9.17, 15) is 15.3 Å². The third-order valence-electron chi connectivity index (χ3n) is 2.08. The van der Waals surface area contributed by atoms with E-state index in [0.29, 0.717) is 4.85 Å². The average molecular weight is 229 g/mol. The predicted octanol–water partition coefficient (Wildman–Crippen LogP) is 1.54. The molecule has 0 unspecified atom stereocenters. The number of aryl methyl sites for hydroxylation is 1. The molecule has 0 saturated heterocycles. The van der Waals surface area contributed by atoms with Gasteiger partial charge in [-0.05, 0) is 12.1 Å². The highest BCUT2D eigenvalue weighted by atomic mass is 35.5. The summed E-state index contributed by atoms with van der Waals surface area (Å²) in [5.74, 6) is 0. The summed E-state index contributed by atoms with van der Waals surface area (Å²) in [7, 11) is 0.